The zero-order valence-electron chi connectivity index (χ0n) is 15.9. The number of anilines is 1. The molecule has 0 aromatic heterocycles. The molecule has 6 heteroatoms. The summed E-state index contributed by atoms with van der Waals surface area (Å²) < 4.78 is 25.4. The average Bonchev–Trinajstić information content (AvgIpc) is 2.59. The molecule has 1 aromatic carbocycles. The minimum Gasteiger partial charge on any atom is -0.354 e. The van der Waals surface area contributed by atoms with Crippen LogP contribution < -0.4 is 9.62 Å². The van der Waals surface area contributed by atoms with Gasteiger partial charge in [0, 0.05) is 6.54 Å². The number of hydrogen-bond donors (Lipinski definition) is 1. The van der Waals surface area contributed by atoms with Gasteiger partial charge in [0.2, 0.25) is 15.9 Å². The van der Waals surface area contributed by atoms with Gasteiger partial charge >= 0.3 is 0 Å². The largest absolute Gasteiger partial charge is 0.354 e. The fourth-order valence-electron chi connectivity index (χ4n) is 2.69. The Morgan fingerprint density at radius 2 is 1.80 bits per heavy atom. The summed E-state index contributed by atoms with van der Waals surface area (Å²) in [5.41, 5.74) is 1.65. The Bertz CT molecular complexity index is 627. The molecule has 1 atom stereocenters. The lowest BCUT2D eigenvalue weighted by atomic mass is 9.99. The van der Waals surface area contributed by atoms with Crippen LogP contribution in [0.2, 0.25) is 0 Å². The lowest BCUT2D eigenvalue weighted by Crippen LogP contribution is -2.41. The van der Waals surface area contributed by atoms with Crippen LogP contribution in [-0.4, -0.2) is 33.7 Å². The van der Waals surface area contributed by atoms with Gasteiger partial charge in [-0.25, -0.2) is 8.42 Å². The van der Waals surface area contributed by atoms with Gasteiger partial charge in [0.1, 0.15) is 6.54 Å². The number of hydrogen-bond acceptors (Lipinski definition) is 3. The molecule has 1 aromatic rings. The summed E-state index contributed by atoms with van der Waals surface area (Å²) in [5.74, 6) is 0.180. The summed E-state index contributed by atoms with van der Waals surface area (Å²) in [6, 6.07) is 7.29. The Labute approximate surface area is 152 Å². The van der Waals surface area contributed by atoms with E-state index in [1.54, 1.807) is 12.1 Å². The summed E-state index contributed by atoms with van der Waals surface area (Å²) in [6.45, 7) is 6.72. The average molecular weight is 369 g/mol. The topological polar surface area (TPSA) is 66.5 Å². The van der Waals surface area contributed by atoms with E-state index >= 15 is 0 Å². The maximum absolute atomic E-state index is 12.3. The van der Waals surface area contributed by atoms with E-state index in [0.29, 0.717) is 18.2 Å². The minimum absolute atomic E-state index is 0.186. The quantitative estimate of drug-likeness (QED) is 0.651. The third-order valence-corrected chi connectivity index (χ3v) is 5.59. The Kier molecular flexibility index (Phi) is 8.97. The summed E-state index contributed by atoms with van der Waals surface area (Å²) >= 11 is 0. The first-order valence-corrected chi connectivity index (χ1v) is 11.0. The molecule has 25 heavy (non-hydrogen) atoms. The summed E-state index contributed by atoms with van der Waals surface area (Å²) in [7, 11) is -3.52. The molecular formula is C19H32N2O3S. The molecule has 1 unspecified atom stereocenters. The lowest BCUT2D eigenvalue weighted by Gasteiger charge is -2.23. The van der Waals surface area contributed by atoms with Crippen molar-refractivity contribution in [2.45, 2.75) is 52.9 Å². The van der Waals surface area contributed by atoms with Gasteiger partial charge in [-0.3, -0.25) is 9.10 Å². The number of sulfonamides is 1. The van der Waals surface area contributed by atoms with Crippen LogP contribution in [0, 0.1) is 5.92 Å². The number of carbonyl (C=O) groups excluding carboxylic acids is 1. The monoisotopic (exact) mass is 368 g/mol. The van der Waals surface area contributed by atoms with Crippen LogP contribution in [0.25, 0.3) is 0 Å². The highest BCUT2D eigenvalue weighted by Crippen LogP contribution is 2.18. The fraction of sp³-hybridized carbons (Fsp3) is 0.632. The first-order chi connectivity index (χ1) is 11.8. The van der Waals surface area contributed by atoms with Crippen LogP contribution in [0.3, 0.4) is 0 Å². The van der Waals surface area contributed by atoms with Gasteiger partial charge in [-0.2, -0.15) is 0 Å². The molecule has 0 bridgehead atoms. The minimum atomic E-state index is -3.52. The van der Waals surface area contributed by atoms with Crippen LogP contribution in [0.5, 0.6) is 0 Å². The highest BCUT2D eigenvalue weighted by molar-refractivity contribution is 7.92. The van der Waals surface area contributed by atoms with E-state index in [1.807, 2.05) is 19.1 Å². The predicted molar refractivity (Wildman–Crippen MR) is 104 cm³/mol. The van der Waals surface area contributed by atoms with Gasteiger partial charge < -0.3 is 5.32 Å². The van der Waals surface area contributed by atoms with Crippen LogP contribution in [0.15, 0.2) is 24.3 Å². The van der Waals surface area contributed by atoms with Crippen LogP contribution in [0.1, 0.15) is 52.0 Å². The van der Waals surface area contributed by atoms with Gasteiger partial charge in [-0.05, 0) is 36.5 Å². The molecule has 0 aliphatic carbocycles. The highest BCUT2D eigenvalue weighted by atomic mass is 32.2. The number of rotatable bonds is 11. The van der Waals surface area contributed by atoms with Gasteiger partial charge in [0.15, 0.2) is 0 Å². The number of carbonyl (C=O) groups is 1. The van der Waals surface area contributed by atoms with Crippen molar-refractivity contribution in [2.24, 2.45) is 5.92 Å². The molecule has 0 heterocycles. The Morgan fingerprint density at radius 3 is 2.28 bits per heavy atom. The van der Waals surface area contributed by atoms with E-state index in [1.165, 1.54) is 0 Å². The molecule has 0 saturated heterocycles. The van der Waals surface area contributed by atoms with E-state index in [2.05, 4.69) is 19.2 Å². The van der Waals surface area contributed by atoms with E-state index < -0.39 is 10.0 Å². The Balaban J connectivity index is 2.73. The van der Waals surface area contributed by atoms with Crippen molar-refractivity contribution < 1.29 is 13.2 Å². The van der Waals surface area contributed by atoms with Crippen LogP contribution >= 0.6 is 0 Å². The van der Waals surface area contributed by atoms with Crippen molar-refractivity contribution in [1.29, 1.82) is 0 Å². The number of nitrogens with zero attached hydrogens (tertiary/aromatic N) is 1. The third kappa shape index (κ3) is 7.46. The molecule has 0 radical (unpaired) electrons. The molecule has 142 valence electrons. The maximum atomic E-state index is 12.3. The van der Waals surface area contributed by atoms with Crippen molar-refractivity contribution in [3.63, 3.8) is 0 Å². The number of nitrogens with one attached hydrogen (secondary N) is 1. The van der Waals surface area contributed by atoms with E-state index in [9.17, 15) is 13.2 Å². The smallest absolute Gasteiger partial charge is 0.240 e. The molecule has 1 rings (SSSR count). The second kappa shape index (κ2) is 10.4. The molecule has 0 fully saturated rings. The molecule has 0 aliphatic rings. The second-order valence-electron chi connectivity index (χ2n) is 6.51. The molecule has 0 aliphatic heterocycles. The fourth-order valence-corrected chi connectivity index (χ4v) is 3.54. The van der Waals surface area contributed by atoms with E-state index in [4.69, 9.17) is 0 Å². The lowest BCUT2D eigenvalue weighted by molar-refractivity contribution is -0.119. The van der Waals surface area contributed by atoms with Crippen LogP contribution in [0.4, 0.5) is 5.69 Å². The van der Waals surface area contributed by atoms with Crippen molar-refractivity contribution in [1.82, 2.24) is 5.32 Å². The Hall–Kier alpha value is -1.56. The molecule has 5 nitrogen and oxygen atoms in total. The van der Waals surface area contributed by atoms with Crippen molar-refractivity contribution >= 4 is 21.6 Å². The molecule has 1 N–H and O–H groups in total. The van der Waals surface area contributed by atoms with Gasteiger partial charge in [-0.15, -0.1) is 0 Å². The van der Waals surface area contributed by atoms with Crippen LogP contribution in [-0.2, 0) is 21.2 Å². The first kappa shape index (κ1) is 21.5. The molecule has 0 saturated carbocycles. The number of benzene rings is 1. The summed E-state index contributed by atoms with van der Waals surface area (Å²) in [6.07, 6.45) is 6.39. The van der Waals surface area contributed by atoms with Gasteiger partial charge in [0.25, 0.3) is 0 Å². The Morgan fingerprint density at radius 1 is 1.16 bits per heavy atom. The zero-order valence-corrected chi connectivity index (χ0v) is 16.7. The second-order valence-corrected chi connectivity index (χ2v) is 8.42. The first-order valence-electron chi connectivity index (χ1n) is 9.15. The van der Waals surface area contributed by atoms with Crippen molar-refractivity contribution in [3.05, 3.63) is 29.8 Å². The normalized spacial score (nSPS) is 12.6. The SMILES string of the molecule is CCCCC(CC)CNC(=O)CN(c1ccc(CC)cc1)S(C)(=O)=O. The number of unbranched alkanes of at least 4 members (excludes halogenated alkanes) is 1. The van der Waals surface area contributed by atoms with E-state index in [0.717, 1.165) is 48.2 Å². The zero-order chi connectivity index (χ0) is 18.9. The summed E-state index contributed by atoms with van der Waals surface area (Å²) in [5, 5.41) is 2.89. The standard InChI is InChI=1S/C19H32N2O3S/c1-5-8-9-17(7-3)14-20-19(22)15-21(25(4,23)24)18-12-10-16(6-2)11-13-18/h10-13,17H,5-9,14-15H2,1-4H3,(H,20,22). The van der Waals surface area contributed by atoms with E-state index in [-0.39, 0.29) is 12.5 Å². The highest BCUT2D eigenvalue weighted by Gasteiger charge is 2.21. The van der Waals surface area contributed by atoms with Crippen molar-refractivity contribution in [2.75, 3.05) is 23.7 Å². The molecular weight excluding hydrogens is 336 g/mol. The number of amides is 1. The third-order valence-electron chi connectivity index (χ3n) is 4.45. The van der Waals surface area contributed by atoms with Gasteiger partial charge in [-0.1, -0.05) is 52.2 Å². The van der Waals surface area contributed by atoms with Crippen molar-refractivity contribution in [3.8, 4) is 0 Å². The predicted octanol–water partition coefficient (Wildman–Crippen LogP) is 3.35. The van der Waals surface area contributed by atoms with Gasteiger partial charge in [0.05, 0.1) is 11.9 Å². The summed E-state index contributed by atoms with van der Waals surface area (Å²) in [4.78, 5) is 12.3. The number of aryl methyl sites for hydroxylation is 1. The maximum Gasteiger partial charge on any atom is 0.240 e. The molecule has 1 amide bonds. The molecule has 0 spiro atoms.